The molecule has 3 aliphatic heterocycles. The van der Waals surface area contributed by atoms with E-state index in [9.17, 15) is 29.2 Å². The van der Waals surface area contributed by atoms with Gasteiger partial charge in [-0.25, -0.2) is 39.2 Å². The Balaban J connectivity index is 0.617. The Hall–Kier alpha value is -9.15. The number of anilines is 2. The minimum absolute atomic E-state index is 0.0189. The first-order chi connectivity index (χ1) is 40.8. The number of benzene rings is 1. The van der Waals surface area contributed by atoms with Gasteiger partial charge in [-0.2, -0.15) is 5.26 Å². The van der Waals surface area contributed by atoms with Gasteiger partial charge < -0.3 is 53.9 Å². The van der Waals surface area contributed by atoms with Crippen LogP contribution < -0.4 is 29.9 Å². The smallest absolute Gasteiger partial charge is 0.328 e. The summed E-state index contributed by atoms with van der Waals surface area (Å²) < 4.78 is 29.9. The number of ether oxygens (including phenoxy) is 5. The fourth-order valence-corrected chi connectivity index (χ4v) is 9.92. The maximum Gasteiger partial charge on any atom is 0.328 e. The summed E-state index contributed by atoms with van der Waals surface area (Å²) in [7, 11) is 1.30. The summed E-state index contributed by atoms with van der Waals surface area (Å²) in [5.41, 5.74) is 2.75. The zero-order chi connectivity index (χ0) is 60.3. The molecule has 0 unspecified atom stereocenters. The molecule has 0 aliphatic carbocycles. The Kier molecular flexibility index (Phi) is 19.2. The van der Waals surface area contributed by atoms with E-state index >= 15 is 0 Å². The number of rotatable bonds is 24. The van der Waals surface area contributed by atoms with E-state index in [1.807, 2.05) is 41.5 Å². The summed E-state index contributed by atoms with van der Waals surface area (Å²) in [5, 5.41) is 23.6. The van der Waals surface area contributed by atoms with E-state index in [2.05, 4.69) is 67.7 Å². The van der Waals surface area contributed by atoms with Gasteiger partial charge in [-0.3, -0.25) is 14.4 Å². The van der Waals surface area contributed by atoms with Crippen LogP contribution in [0.3, 0.4) is 0 Å². The van der Waals surface area contributed by atoms with Gasteiger partial charge in [-0.05, 0) is 81.8 Å². The van der Waals surface area contributed by atoms with Crippen LogP contribution in [0.2, 0.25) is 0 Å². The van der Waals surface area contributed by atoms with Crippen LogP contribution in [-0.4, -0.2) is 169 Å². The number of amides is 4. The molecule has 2 N–H and O–H groups in total. The Morgan fingerprint density at radius 1 is 0.906 bits per heavy atom. The van der Waals surface area contributed by atoms with E-state index in [0.717, 1.165) is 0 Å². The van der Waals surface area contributed by atoms with Crippen LogP contribution in [0.5, 0.6) is 17.4 Å². The number of piperazine rings is 1. The van der Waals surface area contributed by atoms with Gasteiger partial charge in [0.2, 0.25) is 17.7 Å². The summed E-state index contributed by atoms with van der Waals surface area (Å²) in [6.07, 6.45) is 9.65. The Morgan fingerprint density at radius 3 is 2.44 bits per heavy atom. The van der Waals surface area contributed by atoms with Crippen molar-refractivity contribution < 1.29 is 47.7 Å². The number of pyridine rings is 3. The standard InChI is InChI=1S/C60H71N15O10/c1-39-32-71(57-65-30-42(31-66-57)48-16-15-47-53(77)60(5,6)75(54(47)67-48)33-41-11-9-20-62-50(41)28-61)22-23-74(39)52(76)37-73-34-43(69-70-73)38-83-26-25-82-24-10-21-63-58(80)72-35-46(36-72)84-44-12-8-13-45(27-44)85-51-17-14-40(29-64-51)55(78)68-49(56(79)81-7)18-19-59(2,3)4/h8-9,11-17,20,27,29-31,34,39,46,49H,10,18-19,21-26,32-33,35-38H2,1-7H3,(H,63,80)(H,68,78)/t39-,49+/m1/s1. The highest BCUT2D eigenvalue weighted by Crippen LogP contribution is 2.40. The molecule has 446 valence electrons. The lowest BCUT2D eigenvalue weighted by molar-refractivity contribution is -0.143. The lowest BCUT2D eigenvalue weighted by Gasteiger charge is -2.39. The SMILES string of the molecule is COC(=O)[C@H](CCC(C)(C)C)NC(=O)c1ccc(Oc2cccc(OC3CN(C(=O)NCCCOCCOCc4cn(CC(=O)N5CCN(c6ncc(-c7ccc8c(n7)N(Cc7cccnc7C#N)C(C)(C)C8=O)cn6)C[C@H]5C)nn4)C3)c2)nc1. The van der Waals surface area contributed by atoms with Gasteiger partial charge in [0, 0.05) is 93.4 Å². The maximum absolute atomic E-state index is 13.5. The predicted octanol–water partition coefficient (Wildman–Crippen LogP) is 5.80. The third-order valence-corrected chi connectivity index (χ3v) is 14.8. The molecule has 3 aliphatic rings. The van der Waals surface area contributed by atoms with Gasteiger partial charge in [-0.1, -0.05) is 38.1 Å². The summed E-state index contributed by atoms with van der Waals surface area (Å²) >= 11 is 0. The summed E-state index contributed by atoms with van der Waals surface area (Å²) in [5.74, 6) is 1.28. The Morgan fingerprint density at radius 2 is 1.69 bits per heavy atom. The summed E-state index contributed by atoms with van der Waals surface area (Å²) in [4.78, 5) is 95.1. The van der Waals surface area contributed by atoms with Crippen LogP contribution in [0.1, 0.15) is 98.5 Å². The first kappa shape index (κ1) is 60.4. The van der Waals surface area contributed by atoms with E-state index in [-0.39, 0.29) is 66.4 Å². The second kappa shape index (κ2) is 27.0. The van der Waals surface area contributed by atoms with E-state index in [0.29, 0.717) is 135 Å². The average Bonchev–Trinajstić information content (AvgIpc) is 4.20. The minimum atomic E-state index is -0.884. The number of nitriles is 1. The molecule has 2 saturated heterocycles. The lowest BCUT2D eigenvalue weighted by atomic mass is 9.88. The highest BCUT2D eigenvalue weighted by atomic mass is 16.5. The summed E-state index contributed by atoms with van der Waals surface area (Å²) in [6.45, 7) is 16.3. The number of esters is 1. The molecule has 0 spiro atoms. The number of hydrogen-bond acceptors (Lipinski definition) is 20. The van der Waals surface area contributed by atoms with Crippen LogP contribution in [-0.2, 0) is 43.5 Å². The number of carbonyl (C=O) groups excluding carboxylic acids is 5. The van der Waals surface area contributed by atoms with E-state index in [1.165, 1.54) is 18.0 Å². The monoisotopic (exact) mass is 1160 g/mol. The second-order valence-electron chi connectivity index (χ2n) is 22.7. The number of aromatic nitrogens is 8. The molecular weight excluding hydrogens is 1090 g/mol. The Bertz CT molecular complexity index is 3380. The maximum atomic E-state index is 13.5. The van der Waals surface area contributed by atoms with Gasteiger partial charge in [-0.15, -0.1) is 5.10 Å². The number of Topliss-reactive ketones (excluding diaryl/α,β-unsaturated/α-hetero) is 1. The predicted molar refractivity (Wildman–Crippen MR) is 309 cm³/mol. The van der Waals surface area contributed by atoms with Crippen molar-refractivity contribution in [2.45, 2.75) is 104 Å². The number of urea groups is 1. The zero-order valence-corrected chi connectivity index (χ0v) is 48.9. The number of ketones is 1. The highest BCUT2D eigenvalue weighted by Gasteiger charge is 2.45. The zero-order valence-electron chi connectivity index (χ0n) is 48.9. The van der Waals surface area contributed by atoms with Crippen LogP contribution in [0, 0.1) is 16.7 Å². The number of fused-ring (bicyclic) bond motifs is 1. The van der Waals surface area contributed by atoms with Crippen molar-refractivity contribution in [1.29, 1.82) is 5.26 Å². The normalized spacial score (nSPS) is 16.0. The van der Waals surface area contributed by atoms with Crippen molar-refractivity contribution in [3.8, 4) is 34.7 Å². The highest BCUT2D eigenvalue weighted by molar-refractivity contribution is 6.13. The fraction of sp³-hybridized carbons (Fsp3) is 0.450. The number of likely N-dealkylation sites (tertiary alicyclic amines) is 1. The quantitative estimate of drug-likeness (QED) is 0.0535. The third kappa shape index (κ3) is 15.4. The van der Waals surface area contributed by atoms with Gasteiger partial charge >= 0.3 is 12.0 Å². The fourth-order valence-electron chi connectivity index (χ4n) is 9.92. The molecule has 25 nitrogen and oxygen atoms in total. The number of carbonyl (C=O) groups is 5. The first-order valence-electron chi connectivity index (χ1n) is 28.3. The van der Waals surface area contributed by atoms with Crippen LogP contribution in [0.15, 0.2) is 91.6 Å². The molecule has 85 heavy (non-hydrogen) atoms. The molecule has 2 fully saturated rings. The molecule has 6 aromatic rings. The number of methoxy groups -OCH3 is 1. The average molecular weight is 1160 g/mol. The first-order valence-corrected chi connectivity index (χ1v) is 28.3. The largest absolute Gasteiger partial charge is 0.487 e. The van der Waals surface area contributed by atoms with Crippen molar-refractivity contribution in [1.82, 2.24) is 60.3 Å². The van der Waals surface area contributed by atoms with Crippen molar-refractivity contribution in [2.24, 2.45) is 5.41 Å². The van der Waals surface area contributed by atoms with Crippen LogP contribution in [0.4, 0.5) is 16.6 Å². The van der Waals surface area contributed by atoms with E-state index in [4.69, 9.17) is 28.7 Å². The molecule has 5 aromatic heterocycles. The molecule has 0 saturated carbocycles. The minimum Gasteiger partial charge on any atom is -0.487 e. The van der Waals surface area contributed by atoms with Crippen LogP contribution >= 0.6 is 0 Å². The summed E-state index contributed by atoms with van der Waals surface area (Å²) in [6, 6.07) is 18.4. The molecule has 0 radical (unpaired) electrons. The Labute approximate surface area is 493 Å². The van der Waals surface area contributed by atoms with Crippen molar-refractivity contribution in [3.63, 3.8) is 0 Å². The number of nitrogens with one attached hydrogen (secondary N) is 2. The van der Waals surface area contributed by atoms with Gasteiger partial charge in [0.15, 0.2) is 5.78 Å². The molecule has 4 amide bonds. The molecular formula is C60H71N15O10. The van der Waals surface area contributed by atoms with Crippen LogP contribution in [0.25, 0.3) is 11.3 Å². The van der Waals surface area contributed by atoms with Crippen molar-refractivity contribution >= 4 is 41.4 Å². The van der Waals surface area contributed by atoms with E-state index in [1.54, 1.807) is 84.3 Å². The molecule has 1 aromatic carbocycles. The molecule has 8 heterocycles. The van der Waals surface area contributed by atoms with Gasteiger partial charge in [0.05, 0.1) is 68.6 Å². The second-order valence-corrected chi connectivity index (χ2v) is 22.7. The molecule has 0 bridgehead atoms. The van der Waals surface area contributed by atoms with Gasteiger partial charge in [0.25, 0.3) is 5.91 Å². The number of nitrogens with zero attached hydrogens (tertiary/aromatic N) is 13. The molecule has 25 heteroatoms. The third-order valence-electron chi connectivity index (χ3n) is 14.8. The van der Waals surface area contributed by atoms with Gasteiger partial charge in [0.1, 0.15) is 53.5 Å². The topological polar surface area (TPSA) is 287 Å². The lowest BCUT2D eigenvalue weighted by Crippen LogP contribution is -2.59. The van der Waals surface area contributed by atoms with Crippen molar-refractivity contribution in [2.75, 3.05) is 76.0 Å². The van der Waals surface area contributed by atoms with Crippen molar-refractivity contribution in [3.05, 3.63) is 120 Å². The number of hydrogen-bond donors (Lipinski definition) is 2. The molecule has 2 atom stereocenters. The molecule has 9 rings (SSSR count). The van der Waals surface area contributed by atoms with E-state index < -0.39 is 23.5 Å².